The zero-order chi connectivity index (χ0) is 10.5. The van der Waals surface area contributed by atoms with Crippen molar-refractivity contribution in [2.75, 3.05) is 19.8 Å². The van der Waals surface area contributed by atoms with E-state index in [4.69, 9.17) is 10.6 Å². The van der Waals surface area contributed by atoms with E-state index in [2.05, 4.69) is 29.1 Å². The summed E-state index contributed by atoms with van der Waals surface area (Å²) >= 11 is 0. The van der Waals surface area contributed by atoms with Gasteiger partial charge in [0, 0.05) is 5.92 Å². The van der Waals surface area contributed by atoms with Crippen LogP contribution in [0.5, 0.6) is 0 Å². The fourth-order valence-corrected chi connectivity index (χ4v) is 1.75. The summed E-state index contributed by atoms with van der Waals surface area (Å²) in [5.41, 5.74) is 2.66. The molecule has 1 aromatic rings. The van der Waals surface area contributed by atoms with Gasteiger partial charge in [0.1, 0.15) is 0 Å². The second kappa shape index (κ2) is 5.26. The van der Waals surface area contributed by atoms with Crippen LogP contribution >= 0.6 is 0 Å². The van der Waals surface area contributed by atoms with E-state index in [1.165, 1.54) is 11.1 Å². The Hall–Kier alpha value is -0.900. The number of rotatable bonds is 5. The molecule has 0 aliphatic carbocycles. The SMILES string of the molecule is NOCCc1ccc(CC2COC2)cc1. The lowest BCUT2D eigenvalue weighted by atomic mass is 9.97. The smallest absolute Gasteiger partial charge is 0.0719 e. The third-order valence-electron chi connectivity index (χ3n) is 2.76. The van der Waals surface area contributed by atoms with Crippen LogP contribution in [-0.4, -0.2) is 19.8 Å². The van der Waals surface area contributed by atoms with Gasteiger partial charge in [-0.15, -0.1) is 0 Å². The lowest BCUT2D eigenvalue weighted by Crippen LogP contribution is -2.29. The van der Waals surface area contributed by atoms with Crippen LogP contribution in [0.4, 0.5) is 0 Å². The molecular formula is C12H17NO2. The minimum Gasteiger partial charge on any atom is -0.381 e. The number of hydrogen-bond acceptors (Lipinski definition) is 3. The highest BCUT2D eigenvalue weighted by Gasteiger charge is 2.18. The van der Waals surface area contributed by atoms with Gasteiger partial charge in [-0.25, -0.2) is 5.90 Å². The minimum atomic E-state index is 0.579. The van der Waals surface area contributed by atoms with Gasteiger partial charge in [0.05, 0.1) is 19.8 Å². The first-order valence-electron chi connectivity index (χ1n) is 5.35. The van der Waals surface area contributed by atoms with Gasteiger partial charge in [0.25, 0.3) is 0 Å². The van der Waals surface area contributed by atoms with Crippen molar-refractivity contribution in [2.45, 2.75) is 12.8 Å². The molecular weight excluding hydrogens is 190 g/mol. The average molecular weight is 207 g/mol. The van der Waals surface area contributed by atoms with E-state index in [9.17, 15) is 0 Å². The second-order valence-electron chi connectivity index (χ2n) is 4.04. The van der Waals surface area contributed by atoms with E-state index in [1.807, 2.05) is 0 Å². The maximum atomic E-state index is 5.15. The van der Waals surface area contributed by atoms with Crippen LogP contribution in [0.1, 0.15) is 11.1 Å². The van der Waals surface area contributed by atoms with Crippen LogP contribution in [0.15, 0.2) is 24.3 Å². The predicted octanol–water partition coefficient (Wildman–Crippen LogP) is 1.31. The third kappa shape index (κ3) is 3.02. The zero-order valence-corrected chi connectivity index (χ0v) is 8.82. The van der Waals surface area contributed by atoms with E-state index < -0.39 is 0 Å². The molecule has 0 bridgehead atoms. The van der Waals surface area contributed by atoms with Crippen LogP contribution < -0.4 is 5.90 Å². The summed E-state index contributed by atoms with van der Waals surface area (Å²) in [6.07, 6.45) is 2.01. The fourth-order valence-electron chi connectivity index (χ4n) is 1.75. The number of benzene rings is 1. The van der Waals surface area contributed by atoms with Crippen molar-refractivity contribution in [2.24, 2.45) is 11.8 Å². The topological polar surface area (TPSA) is 44.5 Å². The Bertz CT molecular complexity index is 293. The molecule has 0 spiro atoms. The molecule has 3 nitrogen and oxygen atoms in total. The first-order chi connectivity index (χ1) is 7.38. The van der Waals surface area contributed by atoms with Crippen molar-refractivity contribution < 1.29 is 9.57 Å². The number of ether oxygens (including phenoxy) is 1. The molecule has 1 aromatic carbocycles. The zero-order valence-electron chi connectivity index (χ0n) is 8.82. The molecule has 1 aliphatic heterocycles. The Kier molecular flexibility index (Phi) is 3.72. The van der Waals surface area contributed by atoms with Crippen LogP contribution in [0, 0.1) is 5.92 Å². The Morgan fingerprint density at radius 3 is 2.40 bits per heavy atom. The van der Waals surface area contributed by atoms with Gasteiger partial charge < -0.3 is 9.57 Å². The van der Waals surface area contributed by atoms with E-state index in [-0.39, 0.29) is 0 Å². The largest absolute Gasteiger partial charge is 0.381 e. The Balaban J connectivity index is 1.85. The van der Waals surface area contributed by atoms with Crippen molar-refractivity contribution >= 4 is 0 Å². The van der Waals surface area contributed by atoms with Gasteiger partial charge in [0.15, 0.2) is 0 Å². The van der Waals surface area contributed by atoms with Crippen LogP contribution in [0.3, 0.4) is 0 Å². The summed E-state index contributed by atoms with van der Waals surface area (Å²) < 4.78 is 5.15. The number of hydrogen-bond donors (Lipinski definition) is 1. The van der Waals surface area contributed by atoms with Crippen molar-refractivity contribution in [3.05, 3.63) is 35.4 Å². The maximum absolute atomic E-state index is 5.15. The molecule has 0 unspecified atom stereocenters. The van der Waals surface area contributed by atoms with E-state index in [1.54, 1.807) is 0 Å². The van der Waals surface area contributed by atoms with Crippen LogP contribution in [-0.2, 0) is 22.4 Å². The molecule has 3 heteroatoms. The average Bonchev–Trinajstić information content (AvgIpc) is 2.22. The van der Waals surface area contributed by atoms with Crippen molar-refractivity contribution in [3.8, 4) is 0 Å². The number of nitrogens with two attached hydrogens (primary N) is 1. The van der Waals surface area contributed by atoms with Gasteiger partial charge in [-0.05, 0) is 24.0 Å². The van der Waals surface area contributed by atoms with Gasteiger partial charge in [-0.2, -0.15) is 0 Å². The highest BCUT2D eigenvalue weighted by Crippen LogP contribution is 2.17. The van der Waals surface area contributed by atoms with Crippen molar-refractivity contribution in [3.63, 3.8) is 0 Å². The molecule has 1 fully saturated rings. The summed E-state index contributed by atoms with van der Waals surface area (Å²) in [4.78, 5) is 4.55. The summed E-state index contributed by atoms with van der Waals surface area (Å²) in [5.74, 6) is 5.71. The van der Waals surface area contributed by atoms with Gasteiger partial charge in [-0.3, -0.25) is 0 Å². The standard InChI is InChI=1S/C12H17NO2/c13-15-6-5-10-1-3-11(4-2-10)7-12-8-14-9-12/h1-4,12H,5-9,13H2. The molecule has 0 radical (unpaired) electrons. The van der Waals surface area contributed by atoms with Gasteiger partial charge in [0.2, 0.25) is 0 Å². The highest BCUT2D eigenvalue weighted by atomic mass is 16.6. The van der Waals surface area contributed by atoms with Gasteiger partial charge >= 0.3 is 0 Å². The Morgan fingerprint density at radius 1 is 1.20 bits per heavy atom. The molecule has 82 valence electrons. The first kappa shape index (κ1) is 10.6. The van der Waals surface area contributed by atoms with E-state index in [0.29, 0.717) is 6.61 Å². The fraction of sp³-hybridized carbons (Fsp3) is 0.500. The summed E-state index contributed by atoms with van der Waals surface area (Å²) in [6.45, 7) is 2.42. The summed E-state index contributed by atoms with van der Waals surface area (Å²) in [6, 6.07) is 8.66. The quantitative estimate of drug-likeness (QED) is 0.740. The van der Waals surface area contributed by atoms with E-state index in [0.717, 1.165) is 32.0 Å². The maximum Gasteiger partial charge on any atom is 0.0719 e. The lowest BCUT2D eigenvalue weighted by molar-refractivity contribution is -0.0312. The Labute approximate surface area is 90.1 Å². The first-order valence-corrected chi connectivity index (χ1v) is 5.35. The molecule has 0 aromatic heterocycles. The highest BCUT2D eigenvalue weighted by molar-refractivity contribution is 5.23. The monoisotopic (exact) mass is 207 g/mol. The van der Waals surface area contributed by atoms with Crippen LogP contribution in [0.25, 0.3) is 0 Å². The third-order valence-corrected chi connectivity index (χ3v) is 2.76. The summed E-state index contributed by atoms with van der Waals surface area (Å²) in [5, 5.41) is 0. The molecule has 2 rings (SSSR count). The molecule has 0 amide bonds. The Morgan fingerprint density at radius 2 is 1.87 bits per heavy atom. The lowest BCUT2D eigenvalue weighted by Gasteiger charge is -2.25. The summed E-state index contributed by atoms with van der Waals surface area (Å²) in [7, 11) is 0. The molecule has 15 heavy (non-hydrogen) atoms. The van der Waals surface area contributed by atoms with Crippen molar-refractivity contribution in [1.29, 1.82) is 0 Å². The van der Waals surface area contributed by atoms with Crippen molar-refractivity contribution in [1.82, 2.24) is 0 Å². The molecule has 0 atom stereocenters. The van der Waals surface area contributed by atoms with E-state index >= 15 is 0 Å². The molecule has 1 heterocycles. The van der Waals surface area contributed by atoms with Crippen LogP contribution in [0.2, 0.25) is 0 Å². The predicted molar refractivity (Wildman–Crippen MR) is 58.3 cm³/mol. The molecule has 0 saturated carbocycles. The minimum absolute atomic E-state index is 0.579. The molecule has 1 saturated heterocycles. The van der Waals surface area contributed by atoms with Gasteiger partial charge in [-0.1, -0.05) is 24.3 Å². The molecule has 1 aliphatic rings. The molecule has 2 N–H and O–H groups in total. The normalized spacial score (nSPS) is 16.3. The second-order valence-corrected chi connectivity index (χ2v) is 4.04.